The normalized spacial score (nSPS) is 33.8. The molecule has 112 valence electrons. The van der Waals surface area contributed by atoms with Crippen LogP contribution in [-0.4, -0.2) is 32.8 Å². The van der Waals surface area contributed by atoms with Crippen LogP contribution in [0.3, 0.4) is 0 Å². The van der Waals surface area contributed by atoms with E-state index in [4.69, 9.17) is 0 Å². The smallest absolute Gasteiger partial charge is 0.213 e. The molecule has 3 atom stereocenters. The van der Waals surface area contributed by atoms with Crippen molar-refractivity contribution < 1.29 is 8.42 Å². The molecule has 0 aromatic carbocycles. The molecule has 4 nitrogen and oxygen atoms in total. The highest BCUT2D eigenvalue weighted by atomic mass is 32.2. The van der Waals surface area contributed by atoms with Crippen molar-refractivity contribution in [2.24, 2.45) is 5.92 Å². The van der Waals surface area contributed by atoms with Gasteiger partial charge < -0.3 is 5.32 Å². The van der Waals surface area contributed by atoms with E-state index >= 15 is 0 Å². The second kappa shape index (κ2) is 7.04. The predicted molar refractivity (Wildman–Crippen MR) is 78.6 cm³/mol. The summed E-state index contributed by atoms with van der Waals surface area (Å²) in [6, 6.07) is 0.295. The summed E-state index contributed by atoms with van der Waals surface area (Å²) in [7, 11) is -3.14. The molecule has 1 saturated carbocycles. The van der Waals surface area contributed by atoms with Crippen LogP contribution in [-0.2, 0) is 10.0 Å². The van der Waals surface area contributed by atoms with Gasteiger partial charge in [0, 0.05) is 12.1 Å². The summed E-state index contributed by atoms with van der Waals surface area (Å²) < 4.78 is 27.5. The van der Waals surface area contributed by atoms with Gasteiger partial charge in [-0.05, 0) is 38.1 Å². The molecule has 0 aromatic heterocycles. The van der Waals surface area contributed by atoms with Crippen molar-refractivity contribution in [1.29, 1.82) is 0 Å². The van der Waals surface area contributed by atoms with Crippen LogP contribution < -0.4 is 10.0 Å². The lowest BCUT2D eigenvalue weighted by molar-refractivity contribution is 0.392. The monoisotopic (exact) mass is 288 g/mol. The van der Waals surface area contributed by atoms with Crippen molar-refractivity contribution in [3.8, 4) is 0 Å². The van der Waals surface area contributed by atoms with Gasteiger partial charge in [0.25, 0.3) is 0 Å². The third-order valence-corrected chi connectivity index (χ3v) is 6.03. The number of piperidine rings is 1. The molecule has 0 aromatic rings. The summed E-state index contributed by atoms with van der Waals surface area (Å²) in [6.45, 7) is 3.14. The molecule has 5 heteroatoms. The van der Waals surface area contributed by atoms with Crippen LogP contribution in [0.25, 0.3) is 0 Å². The van der Waals surface area contributed by atoms with Crippen LogP contribution in [0.15, 0.2) is 0 Å². The van der Waals surface area contributed by atoms with Crippen LogP contribution in [0.1, 0.15) is 58.3 Å². The number of nitrogens with one attached hydrogen (secondary N) is 2. The minimum absolute atomic E-state index is 0.146. The zero-order valence-corrected chi connectivity index (χ0v) is 12.8. The Morgan fingerprint density at radius 3 is 2.53 bits per heavy atom. The van der Waals surface area contributed by atoms with Gasteiger partial charge in [0.1, 0.15) is 0 Å². The summed E-state index contributed by atoms with van der Waals surface area (Å²) in [5.74, 6) is 0.715. The summed E-state index contributed by atoms with van der Waals surface area (Å²) in [6.07, 6.45) is 9.08. The fourth-order valence-corrected chi connectivity index (χ4v) is 5.00. The lowest BCUT2D eigenvalue weighted by atomic mass is 9.98. The first kappa shape index (κ1) is 15.3. The van der Waals surface area contributed by atoms with Crippen LogP contribution in [0.4, 0.5) is 0 Å². The van der Waals surface area contributed by atoms with Gasteiger partial charge in [-0.1, -0.05) is 32.6 Å². The molecule has 0 spiro atoms. The van der Waals surface area contributed by atoms with E-state index in [1.54, 1.807) is 0 Å². The first-order valence-electron chi connectivity index (χ1n) is 7.80. The second-order valence-corrected chi connectivity index (χ2v) is 8.07. The summed E-state index contributed by atoms with van der Waals surface area (Å²) in [5.41, 5.74) is 0. The van der Waals surface area contributed by atoms with Gasteiger partial charge in [-0.15, -0.1) is 0 Å². The quantitative estimate of drug-likeness (QED) is 0.778. The Morgan fingerprint density at radius 1 is 1.05 bits per heavy atom. The van der Waals surface area contributed by atoms with Crippen molar-refractivity contribution in [2.45, 2.75) is 70.4 Å². The number of hydrogen-bond acceptors (Lipinski definition) is 3. The van der Waals surface area contributed by atoms with E-state index in [9.17, 15) is 8.42 Å². The van der Waals surface area contributed by atoms with Gasteiger partial charge in [0.2, 0.25) is 10.0 Å². The Hall–Kier alpha value is -0.130. The molecule has 2 fully saturated rings. The third-order valence-electron chi connectivity index (χ3n) is 4.53. The van der Waals surface area contributed by atoms with Gasteiger partial charge in [-0.25, -0.2) is 13.1 Å². The molecule has 0 amide bonds. The SMILES string of the molecule is CC1CCCCCC1NS(=O)(=O)CC1CCCCN1. The van der Waals surface area contributed by atoms with Gasteiger partial charge >= 0.3 is 0 Å². The van der Waals surface area contributed by atoms with E-state index in [1.807, 2.05) is 0 Å². The second-order valence-electron chi connectivity index (χ2n) is 6.27. The van der Waals surface area contributed by atoms with Gasteiger partial charge in [0.05, 0.1) is 5.75 Å². The first-order valence-corrected chi connectivity index (χ1v) is 9.45. The fourth-order valence-electron chi connectivity index (χ4n) is 3.28. The van der Waals surface area contributed by atoms with Gasteiger partial charge in [-0.2, -0.15) is 0 Å². The van der Waals surface area contributed by atoms with Crippen molar-refractivity contribution in [2.75, 3.05) is 12.3 Å². The largest absolute Gasteiger partial charge is 0.313 e. The lowest BCUT2D eigenvalue weighted by Crippen LogP contribution is -2.46. The highest BCUT2D eigenvalue weighted by Gasteiger charge is 2.27. The fraction of sp³-hybridized carbons (Fsp3) is 1.00. The minimum atomic E-state index is -3.14. The van der Waals surface area contributed by atoms with Crippen molar-refractivity contribution in [1.82, 2.24) is 10.0 Å². The average Bonchev–Trinajstić information content (AvgIpc) is 2.55. The molecule has 0 bridgehead atoms. The highest BCUT2D eigenvalue weighted by molar-refractivity contribution is 7.89. The zero-order valence-electron chi connectivity index (χ0n) is 12.0. The van der Waals surface area contributed by atoms with E-state index in [2.05, 4.69) is 17.0 Å². The molecule has 1 aliphatic heterocycles. The molecule has 1 aliphatic carbocycles. The molecule has 1 heterocycles. The molecular weight excluding hydrogens is 260 g/mol. The maximum absolute atomic E-state index is 12.3. The van der Waals surface area contributed by atoms with Gasteiger partial charge in [-0.3, -0.25) is 0 Å². The van der Waals surface area contributed by atoms with Crippen LogP contribution >= 0.6 is 0 Å². The van der Waals surface area contributed by atoms with Crippen molar-refractivity contribution in [3.63, 3.8) is 0 Å². The molecule has 0 radical (unpaired) electrons. The first-order chi connectivity index (χ1) is 9.07. The van der Waals surface area contributed by atoms with E-state index < -0.39 is 10.0 Å². The topological polar surface area (TPSA) is 58.2 Å². The van der Waals surface area contributed by atoms with Crippen LogP contribution in [0.5, 0.6) is 0 Å². The van der Waals surface area contributed by atoms with Gasteiger partial charge in [0.15, 0.2) is 0 Å². The Bertz CT molecular complexity index is 364. The van der Waals surface area contributed by atoms with Crippen molar-refractivity contribution >= 4 is 10.0 Å². The van der Waals surface area contributed by atoms with E-state index in [-0.39, 0.29) is 17.8 Å². The minimum Gasteiger partial charge on any atom is -0.313 e. The number of hydrogen-bond donors (Lipinski definition) is 2. The Kier molecular flexibility index (Phi) is 5.66. The summed E-state index contributed by atoms with van der Waals surface area (Å²) in [5, 5.41) is 3.32. The maximum Gasteiger partial charge on any atom is 0.213 e. The third kappa shape index (κ3) is 5.04. The molecule has 19 heavy (non-hydrogen) atoms. The Balaban J connectivity index is 1.87. The van der Waals surface area contributed by atoms with Crippen LogP contribution in [0.2, 0.25) is 0 Å². The molecule has 1 saturated heterocycles. The highest BCUT2D eigenvalue weighted by Crippen LogP contribution is 2.23. The standard InChI is InChI=1S/C14H28N2O2S/c1-12-7-3-2-4-9-14(12)16-19(17,18)11-13-8-5-6-10-15-13/h12-16H,2-11H2,1H3. The molecule has 3 unspecified atom stereocenters. The van der Waals surface area contributed by atoms with E-state index in [1.165, 1.54) is 19.3 Å². The average molecular weight is 288 g/mol. The molecule has 2 N–H and O–H groups in total. The lowest BCUT2D eigenvalue weighted by Gasteiger charge is -2.26. The maximum atomic E-state index is 12.3. The Labute approximate surface area is 117 Å². The zero-order chi connectivity index (χ0) is 13.7. The number of sulfonamides is 1. The Morgan fingerprint density at radius 2 is 1.79 bits per heavy atom. The van der Waals surface area contributed by atoms with Crippen LogP contribution in [0, 0.1) is 5.92 Å². The summed E-state index contributed by atoms with van der Waals surface area (Å²) in [4.78, 5) is 0. The number of rotatable bonds is 4. The predicted octanol–water partition coefficient (Wildman–Crippen LogP) is 2.02. The summed E-state index contributed by atoms with van der Waals surface area (Å²) >= 11 is 0. The van der Waals surface area contributed by atoms with E-state index in [0.717, 1.165) is 38.6 Å². The molecular formula is C14H28N2O2S. The van der Waals surface area contributed by atoms with E-state index in [0.29, 0.717) is 5.92 Å². The molecule has 2 aliphatic rings. The molecule has 2 rings (SSSR count). The van der Waals surface area contributed by atoms with Crippen molar-refractivity contribution in [3.05, 3.63) is 0 Å².